The van der Waals surface area contributed by atoms with Gasteiger partial charge in [0.1, 0.15) is 5.82 Å². The molecule has 0 fully saturated rings. The first kappa shape index (κ1) is 13.5. The van der Waals surface area contributed by atoms with Crippen LogP contribution in [0.5, 0.6) is 0 Å². The molecule has 2 heterocycles. The van der Waals surface area contributed by atoms with E-state index < -0.39 is 0 Å². The third-order valence-electron chi connectivity index (χ3n) is 2.76. The van der Waals surface area contributed by atoms with Crippen LogP contribution in [0.4, 0.5) is 4.39 Å². The van der Waals surface area contributed by atoms with Gasteiger partial charge in [-0.1, -0.05) is 0 Å². The lowest BCUT2D eigenvalue weighted by molar-refractivity contribution is 0.622. The molecule has 0 amide bonds. The number of imidazole rings is 1. The number of fused-ring (bicyclic) bond motifs is 1. The van der Waals surface area contributed by atoms with Crippen LogP contribution in [0.25, 0.3) is 11.0 Å². The molecule has 0 spiro atoms. The maximum Gasteiger partial charge on any atom is 0.178 e. The van der Waals surface area contributed by atoms with Crippen molar-refractivity contribution in [1.82, 2.24) is 9.55 Å². The topological polar surface area (TPSA) is 20.7 Å². The molecule has 1 N–H and O–H groups in total. The smallest absolute Gasteiger partial charge is 0.178 e. The summed E-state index contributed by atoms with van der Waals surface area (Å²) in [6.07, 6.45) is 0. The fraction of sp³-hybridized carbons (Fsp3) is 0.0833. The Morgan fingerprint density at radius 1 is 1.32 bits per heavy atom. The molecule has 98 valence electrons. The van der Waals surface area contributed by atoms with Gasteiger partial charge in [0.2, 0.25) is 0 Å². The number of aromatic nitrogens is 2. The van der Waals surface area contributed by atoms with Crippen LogP contribution in [-0.4, -0.2) is 9.55 Å². The summed E-state index contributed by atoms with van der Waals surface area (Å²) in [5.74, 6) is -0.297. The fourth-order valence-electron chi connectivity index (χ4n) is 1.90. The van der Waals surface area contributed by atoms with E-state index in [4.69, 9.17) is 12.2 Å². The lowest BCUT2D eigenvalue weighted by Crippen LogP contribution is -1.97. The van der Waals surface area contributed by atoms with E-state index in [-0.39, 0.29) is 5.82 Å². The maximum atomic E-state index is 13.5. The van der Waals surface area contributed by atoms with Crippen LogP contribution in [0.1, 0.15) is 4.88 Å². The summed E-state index contributed by atoms with van der Waals surface area (Å²) in [6.45, 7) is 0.674. The average molecular weight is 422 g/mol. The molecule has 2 aromatic heterocycles. The van der Waals surface area contributed by atoms with E-state index in [1.54, 1.807) is 17.4 Å². The van der Waals surface area contributed by atoms with Gasteiger partial charge in [-0.05, 0) is 62.3 Å². The van der Waals surface area contributed by atoms with Crippen molar-refractivity contribution in [2.75, 3.05) is 0 Å². The number of thiophene rings is 1. The van der Waals surface area contributed by atoms with E-state index in [9.17, 15) is 4.39 Å². The number of rotatable bonds is 2. The first-order valence-corrected chi connectivity index (χ1v) is 8.17. The second-order valence-corrected chi connectivity index (χ2v) is 7.79. The van der Waals surface area contributed by atoms with Crippen LogP contribution >= 0.6 is 55.4 Å². The molecule has 0 saturated carbocycles. The minimum absolute atomic E-state index is 0.297. The van der Waals surface area contributed by atoms with E-state index in [2.05, 4.69) is 36.8 Å². The second-order valence-electron chi connectivity index (χ2n) is 4.01. The van der Waals surface area contributed by atoms with Crippen LogP contribution in [0.15, 0.2) is 32.5 Å². The summed E-state index contributed by atoms with van der Waals surface area (Å²) in [6, 6.07) is 7.26. The minimum Gasteiger partial charge on any atom is -0.330 e. The Morgan fingerprint density at radius 2 is 2.11 bits per heavy atom. The van der Waals surface area contributed by atoms with Crippen molar-refractivity contribution in [3.8, 4) is 0 Å². The Kier molecular flexibility index (Phi) is 3.63. The number of halogens is 3. The zero-order valence-electron chi connectivity index (χ0n) is 9.41. The molecule has 1 aromatic carbocycles. The fourth-order valence-corrected chi connectivity index (χ4v) is 3.98. The van der Waals surface area contributed by atoms with Crippen molar-refractivity contribution >= 4 is 66.4 Å². The van der Waals surface area contributed by atoms with Gasteiger partial charge in [0.05, 0.1) is 25.8 Å². The molecule has 0 atom stereocenters. The van der Waals surface area contributed by atoms with Crippen LogP contribution in [0.2, 0.25) is 0 Å². The van der Waals surface area contributed by atoms with Gasteiger partial charge >= 0.3 is 0 Å². The van der Waals surface area contributed by atoms with Gasteiger partial charge in [-0.3, -0.25) is 0 Å². The number of hydrogen-bond acceptors (Lipinski definition) is 2. The van der Waals surface area contributed by atoms with Gasteiger partial charge < -0.3 is 9.55 Å². The standard InChI is InChI=1S/C12H7Br2FN2S2/c13-7-3-10-9(4-8(7)15)16-12(18)17(10)5-6-1-2-11(14)19-6/h1-4H,5H2,(H,16,18). The predicted molar refractivity (Wildman–Crippen MR) is 85.9 cm³/mol. The van der Waals surface area contributed by atoms with Crippen molar-refractivity contribution in [2.24, 2.45) is 0 Å². The Morgan fingerprint density at radius 3 is 2.79 bits per heavy atom. The van der Waals surface area contributed by atoms with Crippen LogP contribution in [0.3, 0.4) is 0 Å². The highest BCUT2D eigenvalue weighted by Gasteiger charge is 2.10. The van der Waals surface area contributed by atoms with Crippen LogP contribution < -0.4 is 0 Å². The molecule has 0 radical (unpaired) electrons. The van der Waals surface area contributed by atoms with Gasteiger partial charge in [0.15, 0.2) is 4.77 Å². The molecular weight excluding hydrogens is 415 g/mol. The lowest BCUT2D eigenvalue weighted by atomic mass is 10.3. The third-order valence-corrected chi connectivity index (χ3v) is 5.30. The largest absolute Gasteiger partial charge is 0.330 e. The second kappa shape index (κ2) is 5.12. The van der Waals surface area contributed by atoms with Gasteiger partial charge in [0, 0.05) is 10.9 Å². The van der Waals surface area contributed by atoms with Crippen LogP contribution in [0, 0.1) is 10.6 Å². The highest BCUT2D eigenvalue weighted by atomic mass is 79.9. The number of nitrogens with one attached hydrogen (secondary N) is 1. The van der Waals surface area contributed by atoms with Crippen molar-refractivity contribution in [2.45, 2.75) is 6.54 Å². The average Bonchev–Trinajstić information content (AvgIpc) is 2.87. The number of benzene rings is 1. The summed E-state index contributed by atoms with van der Waals surface area (Å²) < 4.78 is 17.6. The third kappa shape index (κ3) is 2.56. The Balaban J connectivity index is 2.15. The predicted octanol–water partition coefficient (Wildman–Crippen LogP) is 5.47. The van der Waals surface area contributed by atoms with E-state index in [1.165, 1.54) is 10.9 Å². The quantitative estimate of drug-likeness (QED) is 0.544. The number of hydrogen-bond donors (Lipinski definition) is 1. The van der Waals surface area contributed by atoms with Gasteiger partial charge in [-0.15, -0.1) is 11.3 Å². The molecule has 0 aliphatic carbocycles. The number of H-pyrrole nitrogens is 1. The van der Waals surface area contributed by atoms with Crippen molar-refractivity contribution in [3.05, 3.63) is 48.0 Å². The van der Waals surface area contributed by atoms with Gasteiger partial charge in [0.25, 0.3) is 0 Å². The molecule has 0 bridgehead atoms. The summed E-state index contributed by atoms with van der Waals surface area (Å²) >= 11 is 13.6. The highest BCUT2D eigenvalue weighted by molar-refractivity contribution is 9.11. The van der Waals surface area contributed by atoms with E-state index in [0.29, 0.717) is 21.3 Å². The normalized spacial score (nSPS) is 11.3. The Bertz CT molecular complexity index is 819. The summed E-state index contributed by atoms with van der Waals surface area (Å²) in [4.78, 5) is 4.22. The first-order valence-electron chi connectivity index (χ1n) is 5.36. The molecule has 19 heavy (non-hydrogen) atoms. The van der Waals surface area contributed by atoms with Crippen molar-refractivity contribution in [1.29, 1.82) is 0 Å². The summed E-state index contributed by atoms with van der Waals surface area (Å²) in [5.41, 5.74) is 1.60. The van der Waals surface area contributed by atoms with E-state index in [1.807, 2.05) is 16.7 Å². The molecule has 0 unspecified atom stereocenters. The summed E-state index contributed by atoms with van der Waals surface area (Å²) in [7, 11) is 0. The number of aromatic amines is 1. The maximum absolute atomic E-state index is 13.5. The van der Waals surface area contributed by atoms with E-state index >= 15 is 0 Å². The zero-order chi connectivity index (χ0) is 13.6. The highest BCUT2D eigenvalue weighted by Crippen LogP contribution is 2.27. The molecule has 2 nitrogen and oxygen atoms in total. The van der Waals surface area contributed by atoms with Gasteiger partial charge in [-0.2, -0.15) is 0 Å². The molecule has 3 rings (SSSR count). The Hall–Kier alpha value is -0.500. The van der Waals surface area contributed by atoms with E-state index in [0.717, 1.165) is 9.30 Å². The molecule has 0 saturated heterocycles. The summed E-state index contributed by atoms with van der Waals surface area (Å²) in [5, 5.41) is 0. The first-order chi connectivity index (χ1) is 9.04. The minimum atomic E-state index is -0.297. The zero-order valence-corrected chi connectivity index (χ0v) is 14.2. The SMILES string of the molecule is Fc1cc2[nH]c(=S)n(Cc3ccc(Br)s3)c2cc1Br. The molecule has 0 aliphatic rings. The molecule has 3 aromatic rings. The Labute approximate surface area is 134 Å². The molecular formula is C12H7Br2FN2S2. The lowest BCUT2D eigenvalue weighted by Gasteiger charge is -2.03. The van der Waals surface area contributed by atoms with Gasteiger partial charge in [-0.25, -0.2) is 4.39 Å². The molecule has 0 aliphatic heterocycles. The monoisotopic (exact) mass is 420 g/mol. The van der Waals surface area contributed by atoms with Crippen LogP contribution in [-0.2, 0) is 6.54 Å². The van der Waals surface area contributed by atoms with Crippen molar-refractivity contribution in [3.63, 3.8) is 0 Å². The van der Waals surface area contributed by atoms with Crippen molar-refractivity contribution < 1.29 is 4.39 Å². The number of nitrogens with zero attached hydrogens (tertiary/aromatic N) is 1. The molecule has 7 heteroatoms.